The number of nitriles is 1. The summed E-state index contributed by atoms with van der Waals surface area (Å²) in [6, 6.07) is 21.8. The van der Waals surface area contributed by atoms with Gasteiger partial charge in [0, 0.05) is 16.7 Å². The van der Waals surface area contributed by atoms with Crippen LogP contribution in [-0.2, 0) is 6.54 Å². The number of alkyl halides is 2. The Hall–Kier alpha value is -4.38. The first kappa shape index (κ1) is 19.6. The normalized spacial score (nSPS) is 12.8. The van der Waals surface area contributed by atoms with Crippen LogP contribution < -0.4 is 4.90 Å². The Kier molecular flexibility index (Phi) is 4.71. The van der Waals surface area contributed by atoms with Gasteiger partial charge >= 0.3 is 6.43 Å². The van der Waals surface area contributed by atoms with Crippen LogP contribution in [0, 0.1) is 11.3 Å². The van der Waals surface area contributed by atoms with E-state index in [9.17, 15) is 13.6 Å². The second-order valence-electron chi connectivity index (χ2n) is 7.22. The zero-order valence-electron chi connectivity index (χ0n) is 16.5. The minimum atomic E-state index is -2.86. The van der Waals surface area contributed by atoms with Crippen molar-refractivity contribution < 1.29 is 18.0 Å². The minimum Gasteiger partial charge on any atom is -0.415 e. The van der Waals surface area contributed by atoms with E-state index >= 15 is 0 Å². The van der Waals surface area contributed by atoms with Crippen LogP contribution in [0.5, 0.6) is 0 Å². The van der Waals surface area contributed by atoms with E-state index in [0.29, 0.717) is 23.2 Å². The summed E-state index contributed by atoms with van der Waals surface area (Å²) < 4.78 is 30.5. The standard InChI is InChI=1S/C24H14F2N4O2/c25-21(26)23-29-28-22(32-23)16-9-10-17-13-30(24(31)19(17)11-16)20-4-2-1-3-18(20)15-7-5-14(12-27)6-8-15/h1-11,21H,13H2. The fraction of sp³-hybridized carbons (Fsp3) is 0.0833. The molecule has 0 N–H and O–H groups in total. The van der Waals surface area contributed by atoms with Gasteiger partial charge in [-0.2, -0.15) is 14.0 Å². The molecule has 0 fully saturated rings. The van der Waals surface area contributed by atoms with E-state index in [1.165, 1.54) is 0 Å². The summed E-state index contributed by atoms with van der Waals surface area (Å²) >= 11 is 0. The van der Waals surface area contributed by atoms with Crippen molar-refractivity contribution in [3.05, 3.63) is 89.3 Å². The predicted octanol–water partition coefficient (Wildman–Crippen LogP) is 5.37. The molecular weight excluding hydrogens is 414 g/mol. The third-order valence-electron chi connectivity index (χ3n) is 5.31. The molecule has 0 saturated heterocycles. The van der Waals surface area contributed by atoms with Crippen LogP contribution in [0.3, 0.4) is 0 Å². The number of amides is 1. The van der Waals surface area contributed by atoms with E-state index in [-0.39, 0.29) is 11.8 Å². The molecule has 156 valence electrons. The van der Waals surface area contributed by atoms with Crippen LogP contribution in [0.4, 0.5) is 14.5 Å². The maximum Gasteiger partial charge on any atom is 0.314 e. The number of benzene rings is 3. The van der Waals surface area contributed by atoms with E-state index < -0.39 is 12.3 Å². The van der Waals surface area contributed by atoms with Gasteiger partial charge in [0.05, 0.1) is 23.9 Å². The predicted molar refractivity (Wildman–Crippen MR) is 112 cm³/mol. The monoisotopic (exact) mass is 428 g/mol. The summed E-state index contributed by atoms with van der Waals surface area (Å²) in [6.45, 7) is 0.369. The molecule has 4 aromatic rings. The smallest absolute Gasteiger partial charge is 0.314 e. The molecule has 0 spiro atoms. The highest BCUT2D eigenvalue weighted by molar-refractivity contribution is 6.12. The Labute approximate surface area is 181 Å². The lowest BCUT2D eigenvalue weighted by Gasteiger charge is -2.20. The van der Waals surface area contributed by atoms with Gasteiger partial charge in [-0.15, -0.1) is 10.2 Å². The van der Waals surface area contributed by atoms with Gasteiger partial charge in [0.1, 0.15) is 0 Å². The second-order valence-corrected chi connectivity index (χ2v) is 7.22. The number of hydrogen-bond acceptors (Lipinski definition) is 5. The summed E-state index contributed by atoms with van der Waals surface area (Å²) in [5.74, 6) is -1.03. The number of para-hydroxylation sites is 1. The maximum absolute atomic E-state index is 13.3. The molecule has 2 heterocycles. The second kappa shape index (κ2) is 7.71. The van der Waals surface area contributed by atoms with E-state index in [2.05, 4.69) is 16.3 Å². The number of carbonyl (C=O) groups excluding carboxylic acids is 1. The van der Waals surface area contributed by atoms with Crippen molar-refractivity contribution in [2.24, 2.45) is 0 Å². The van der Waals surface area contributed by atoms with Crippen LogP contribution in [0.2, 0.25) is 0 Å². The maximum atomic E-state index is 13.3. The summed E-state index contributed by atoms with van der Waals surface area (Å²) in [4.78, 5) is 14.9. The van der Waals surface area contributed by atoms with Gasteiger partial charge in [0.2, 0.25) is 5.89 Å². The quantitative estimate of drug-likeness (QED) is 0.436. The number of hydrogen-bond donors (Lipinski definition) is 0. The van der Waals surface area contributed by atoms with Gasteiger partial charge < -0.3 is 9.32 Å². The fourth-order valence-electron chi connectivity index (χ4n) is 3.75. The molecule has 1 aliphatic rings. The molecular formula is C24H14F2N4O2. The molecule has 0 radical (unpaired) electrons. The van der Waals surface area contributed by atoms with E-state index in [1.807, 2.05) is 36.4 Å². The molecule has 0 aliphatic carbocycles. The highest BCUT2D eigenvalue weighted by atomic mass is 19.3. The third kappa shape index (κ3) is 3.30. The molecule has 1 aromatic heterocycles. The van der Waals surface area contributed by atoms with Gasteiger partial charge in [0.25, 0.3) is 11.8 Å². The average Bonchev–Trinajstić information content (AvgIpc) is 3.44. The van der Waals surface area contributed by atoms with Crippen LogP contribution in [0.15, 0.2) is 71.1 Å². The highest BCUT2D eigenvalue weighted by Gasteiger charge is 2.31. The molecule has 1 aliphatic heterocycles. The molecule has 32 heavy (non-hydrogen) atoms. The third-order valence-corrected chi connectivity index (χ3v) is 5.31. The molecule has 0 atom stereocenters. The number of fused-ring (bicyclic) bond motifs is 1. The zero-order chi connectivity index (χ0) is 22.2. The first-order chi connectivity index (χ1) is 15.5. The van der Waals surface area contributed by atoms with Crippen molar-refractivity contribution in [2.45, 2.75) is 13.0 Å². The van der Waals surface area contributed by atoms with Crippen molar-refractivity contribution in [2.75, 3.05) is 4.90 Å². The SMILES string of the molecule is N#Cc1ccc(-c2ccccc2N2Cc3ccc(-c4nnc(C(F)F)o4)cc3C2=O)cc1. The number of halogens is 2. The summed E-state index contributed by atoms with van der Waals surface area (Å²) in [5.41, 5.74) is 4.69. The van der Waals surface area contributed by atoms with Crippen molar-refractivity contribution in [1.82, 2.24) is 10.2 Å². The van der Waals surface area contributed by atoms with Gasteiger partial charge in [-0.1, -0.05) is 36.4 Å². The summed E-state index contributed by atoms with van der Waals surface area (Å²) in [7, 11) is 0. The summed E-state index contributed by atoms with van der Waals surface area (Å²) in [6.07, 6.45) is -2.86. The molecule has 6 nitrogen and oxygen atoms in total. The Morgan fingerprint density at radius 3 is 2.44 bits per heavy atom. The Bertz CT molecular complexity index is 1370. The lowest BCUT2D eigenvalue weighted by molar-refractivity contribution is 0.0996. The number of aromatic nitrogens is 2. The van der Waals surface area contributed by atoms with Gasteiger partial charge in [0.15, 0.2) is 0 Å². The number of nitrogens with zero attached hydrogens (tertiary/aromatic N) is 4. The largest absolute Gasteiger partial charge is 0.415 e. The first-order valence-electron chi connectivity index (χ1n) is 9.71. The van der Waals surface area contributed by atoms with Crippen molar-refractivity contribution in [3.8, 4) is 28.7 Å². The Morgan fingerprint density at radius 1 is 0.969 bits per heavy atom. The number of anilines is 1. The molecule has 0 bridgehead atoms. The first-order valence-corrected chi connectivity index (χ1v) is 9.71. The van der Waals surface area contributed by atoms with Crippen molar-refractivity contribution in [1.29, 1.82) is 5.26 Å². The molecule has 0 unspecified atom stereocenters. The minimum absolute atomic E-state index is 0.0627. The van der Waals surface area contributed by atoms with Crippen LogP contribution in [0.1, 0.15) is 33.8 Å². The lowest BCUT2D eigenvalue weighted by atomic mass is 10.0. The molecule has 1 amide bonds. The Morgan fingerprint density at radius 2 is 1.72 bits per heavy atom. The van der Waals surface area contributed by atoms with E-state index in [0.717, 1.165) is 22.4 Å². The van der Waals surface area contributed by atoms with Crippen molar-refractivity contribution >= 4 is 11.6 Å². The molecule has 3 aromatic carbocycles. The number of rotatable bonds is 4. The number of carbonyl (C=O) groups is 1. The zero-order valence-corrected chi connectivity index (χ0v) is 16.5. The fourth-order valence-corrected chi connectivity index (χ4v) is 3.75. The van der Waals surface area contributed by atoms with E-state index in [1.54, 1.807) is 35.2 Å². The van der Waals surface area contributed by atoms with Crippen LogP contribution >= 0.6 is 0 Å². The Balaban J connectivity index is 1.50. The highest BCUT2D eigenvalue weighted by Crippen LogP contribution is 2.37. The topological polar surface area (TPSA) is 83.0 Å². The van der Waals surface area contributed by atoms with E-state index in [4.69, 9.17) is 9.68 Å². The van der Waals surface area contributed by atoms with Gasteiger partial charge in [-0.05, 0) is 41.5 Å². The molecule has 8 heteroatoms. The van der Waals surface area contributed by atoms with Crippen LogP contribution in [-0.4, -0.2) is 16.1 Å². The van der Waals surface area contributed by atoms with Gasteiger partial charge in [-0.25, -0.2) is 0 Å². The lowest BCUT2D eigenvalue weighted by Crippen LogP contribution is -2.23. The average molecular weight is 428 g/mol. The van der Waals surface area contributed by atoms with Gasteiger partial charge in [-0.3, -0.25) is 4.79 Å². The van der Waals surface area contributed by atoms with Crippen LogP contribution in [0.25, 0.3) is 22.6 Å². The molecule has 0 saturated carbocycles. The molecule has 5 rings (SSSR count). The summed E-state index contributed by atoms with van der Waals surface area (Å²) in [5, 5.41) is 16.0. The van der Waals surface area contributed by atoms with Crippen molar-refractivity contribution in [3.63, 3.8) is 0 Å².